The van der Waals surface area contributed by atoms with E-state index >= 15 is 0 Å². The molecule has 0 aliphatic carbocycles. The van der Waals surface area contributed by atoms with Crippen LogP contribution in [-0.2, 0) is 14.3 Å². The molecule has 1 rings (SSSR count). The molecular weight excluding hydrogens is 274 g/mol. The molecule has 18 heavy (non-hydrogen) atoms. The number of methoxy groups -OCH3 is 1. The quantitative estimate of drug-likeness (QED) is 0.846. The Balaban J connectivity index is 2.42. The second kappa shape index (κ2) is 7.28. The molecule has 0 aliphatic rings. The van der Waals surface area contributed by atoms with Crippen molar-refractivity contribution in [3.63, 3.8) is 0 Å². The van der Waals surface area contributed by atoms with Crippen LogP contribution in [0, 0.1) is 6.92 Å². The lowest BCUT2D eigenvalue weighted by atomic mass is 10.2. The molecule has 0 aromatic heterocycles. The summed E-state index contributed by atoms with van der Waals surface area (Å²) in [6, 6.07) is 5.39. The van der Waals surface area contributed by atoms with Crippen molar-refractivity contribution in [2.75, 3.05) is 23.9 Å². The maximum absolute atomic E-state index is 11.6. The summed E-state index contributed by atoms with van der Waals surface area (Å²) in [6.07, 6.45) is 0. The molecule has 0 heterocycles. The Bertz CT molecular complexity index is 451. The van der Waals surface area contributed by atoms with Crippen molar-refractivity contribution >= 4 is 40.9 Å². The molecule has 0 bridgehead atoms. The number of rotatable bonds is 5. The van der Waals surface area contributed by atoms with E-state index in [0.717, 1.165) is 5.56 Å². The fraction of sp³-hybridized carbons (Fsp3) is 0.333. The monoisotopic (exact) mass is 287 g/mol. The van der Waals surface area contributed by atoms with Crippen molar-refractivity contribution < 1.29 is 14.3 Å². The summed E-state index contributed by atoms with van der Waals surface area (Å²) < 4.78 is 4.47. The lowest BCUT2D eigenvalue weighted by Gasteiger charge is -2.07. The number of aryl methyl sites for hydroxylation is 1. The van der Waals surface area contributed by atoms with E-state index in [0.29, 0.717) is 10.7 Å². The predicted octanol–water partition coefficient (Wildman–Crippen LogP) is 2.49. The molecule has 6 heteroatoms. The summed E-state index contributed by atoms with van der Waals surface area (Å²) in [4.78, 5) is 22.4. The topological polar surface area (TPSA) is 55.4 Å². The average molecular weight is 288 g/mol. The van der Waals surface area contributed by atoms with Crippen molar-refractivity contribution in [2.24, 2.45) is 0 Å². The van der Waals surface area contributed by atoms with Gasteiger partial charge in [-0.2, -0.15) is 0 Å². The number of carbonyl (C=O) groups is 2. The zero-order valence-corrected chi connectivity index (χ0v) is 11.7. The smallest absolute Gasteiger partial charge is 0.315 e. The molecule has 0 saturated heterocycles. The second-order valence-electron chi connectivity index (χ2n) is 3.60. The molecule has 0 atom stereocenters. The highest BCUT2D eigenvalue weighted by Gasteiger charge is 2.07. The van der Waals surface area contributed by atoms with Gasteiger partial charge in [-0.1, -0.05) is 17.7 Å². The van der Waals surface area contributed by atoms with E-state index in [1.807, 2.05) is 13.0 Å². The molecule has 1 amide bonds. The third-order valence-corrected chi connectivity index (χ3v) is 3.30. The molecule has 0 fully saturated rings. The molecule has 1 N–H and O–H groups in total. The fourth-order valence-corrected chi connectivity index (χ4v) is 2.12. The lowest BCUT2D eigenvalue weighted by molar-refractivity contribution is -0.137. The molecule has 0 unspecified atom stereocenters. The Morgan fingerprint density at radius 1 is 1.39 bits per heavy atom. The van der Waals surface area contributed by atoms with Gasteiger partial charge in [-0.15, -0.1) is 11.8 Å². The van der Waals surface area contributed by atoms with E-state index < -0.39 is 0 Å². The molecule has 1 aromatic carbocycles. The van der Waals surface area contributed by atoms with Gasteiger partial charge in [0.1, 0.15) is 0 Å². The summed E-state index contributed by atoms with van der Waals surface area (Å²) in [7, 11) is 1.31. The van der Waals surface area contributed by atoms with Gasteiger partial charge < -0.3 is 10.1 Å². The zero-order valence-electron chi connectivity index (χ0n) is 10.2. The van der Waals surface area contributed by atoms with Gasteiger partial charge in [0.15, 0.2) is 0 Å². The molecule has 98 valence electrons. The number of ether oxygens (including phenoxy) is 1. The number of benzene rings is 1. The van der Waals surface area contributed by atoms with E-state index in [1.165, 1.54) is 18.9 Å². The van der Waals surface area contributed by atoms with Crippen LogP contribution in [0.1, 0.15) is 5.56 Å². The van der Waals surface area contributed by atoms with Crippen LogP contribution >= 0.6 is 23.4 Å². The highest BCUT2D eigenvalue weighted by atomic mass is 35.5. The van der Waals surface area contributed by atoms with E-state index in [4.69, 9.17) is 11.6 Å². The van der Waals surface area contributed by atoms with Crippen LogP contribution in [-0.4, -0.2) is 30.5 Å². The van der Waals surface area contributed by atoms with Crippen LogP contribution in [0.4, 0.5) is 5.69 Å². The minimum absolute atomic E-state index is 0.158. The van der Waals surface area contributed by atoms with Crippen molar-refractivity contribution in [1.82, 2.24) is 0 Å². The van der Waals surface area contributed by atoms with Gasteiger partial charge in [-0.3, -0.25) is 9.59 Å². The van der Waals surface area contributed by atoms with Gasteiger partial charge in [0.05, 0.1) is 29.3 Å². The largest absolute Gasteiger partial charge is 0.468 e. The van der Waals surface area contributed by atoms with Crippen molar-refractivity contribution in [2.45, 2.75) is 6.92 Å². The van der Waals surface area contributed by atoms with E-state index in [9.17, 15) is 9.59 Å². The predicted molar refractivity (Wildman–Crippen MR) is 74.2 cm³/mol. The van der Waals surface area contributed by atoms with Gasteiger partial charge in [0.25, 0.3) is 0 Å². The van der Waals surface area contributed by atoms with E-state index in [2.05, 4.69) is 10.1 Å². The van der Waals surface area contributed by atoms with Crippen LogP contribution in [0.15, 0.2) is 18.2 Å². The second-order valence-corrected chi connectivity index (χ2v) is 4.99. The molecule has 0 aliphatic heterocycles. The molecule has 0 radical (unpaired) electrons. The van der Waals surface area contributed by atoms with Gasteiger partial charge in [-0.05, 0) is 24.6 Å². The van der Waals surface area contributed by atoms with E-state index in [-0.39, 0.29) is 23.4 Å². The van der Waals surface area contributed by atoms with Gasteiger partial charge in [-0.25, -0.2) is 0 Å². The molecule has 4 nitrogen and oxygen atoms in total. The van der Waals surface area contributed by atoms with Gasteiger partial charge in [0.2, 0.25) is 5.91 Å². The number of hydrogen-bond acceptors (Lipinski definition) is 4. The van der Waals surface area contributed by atoms with Gasteiger partial charge >= 0.3 is 5.97 Å². The number of esters is 1. The minimum atomic E-state index is -0.346. The minimum Gasteiger partial charge on any atom is -0.468 e. The Morgan fingerprint density at radius 2 is 2.11 bits per heavy atom. The highest BCUT2D eigenvalue weighted by molar-refractivity contribution is 8.00. The zero-order chi connectivity index (χ0) is 13.5. The number of hydrogen-bond donors (Lipinski definition) is 1. The third-order valence-electron chi connectivity index (χ3n) is 2.08. The van der Waals surface area contributed by atoms with Crippen molar-refractivity contribution in [1.29, 1.82) is 0 Å². The Kier molecular flexibility index (Phi) is 6.01. The maximum atomic E-state index is 11.6. The molecule has 0 saturated carbocycles. The van der Waals surface area contributed by atoms with E-state index in [1.54, 1.807) is 12.1 Å². The Morgan fingerprint density at radius 3 is 2.72 bits per heavy atom. The number of nitrogens with one attached hydrogen (secondary N) is 1. The van der Waals surface area contributed by atoms with Gasteiger partial charge in [0, 0.05) is 0 Å². The maximum Gasteiger partial charge on any atom is 0.315 e. The molecule has 1 aromatic rings. The van der Waals surface area contributed by atoms with Crippen LogP contribution in [0.5, 0.6) is 0 Å². The lowest BCUT2D eigenvalue weighted by Crippen LogP contribution is -2.16. The molecule has 0 spiro atoms. The molecular formula is C12H14ClNO3S. The summed E-state index contributed by atoms with van der Waals surface area (Å²) in [5.41, 5.74) is 1.60. The first-order valence-corrected chi connectivity index (χ1v) is 6.76. The first-order chi connectivity index (χ1) is 8.52. The fourth-order valence-electron chi connectivity index (χ4n) is 1.19. The normalized spacial score (nSPS) is 9.94. The number of anilines is 1. The first-order valence-electron chi connectivity index (χ1n) is 5.23. The highest BCUT2D eigenvalue weighted by Crippen LogP contribution is 2.22. The SMILES string of the molecule is COC(=O)CSCC(=O)Nc1ccc(C)cc1Cl. The summed E-state index contributed by atoms with van der Waals surface area (Å²) in [5, 5.41) is 3.19. The summed E-state index contributed by atoms with van der Waals surface area (Å²) in [6.45, 7) is 1.92. The van der Waals surface area contributed by atoms with Crippen molar-refractivity contribution in [3.05, 3.63) is 28.8 Å². The number of carbonyl (C=O) groups excluding carboxylic acids is 2. The Hall–Kier alpha value is -1.20. The number of halogens is 1. The van der Waals surface area contributed by atoms with Crippen molar-refractivity contribution in [3.8, 4) is 0 Å². The van der Waals surface area contributed by atoms with Crippen LogP contribution < -0.4 is 5.32 Å². The van der Waals surface area contributed by atoms with Crippen LogP contribution in [0.3, 0.4) is 0 Å². The number of thioether (sulfide) groups is 1. The third kappa shape index (κ3) is 4.98. The van der Waals surface area contributed by atoms with Crippen LogP contribution in [0.25, 0.3) is 0 Å². The standard InChI is InChI=1S/C12H14ClNO3S/c1-8-3-4-10(9(13)5-8)14-11(15)6-18-7-12(16)17-2/h3-5H,6-7H2,1-2H3,(H,14,15). The Labute approximate surface area is 115 Å². The van der Waals surface area contributed by atoms with Crippen LogP contribution in [0.2, 0.25) is 5.02 Å². The number of amides is 1. The average Bonchev–Trinajstić information content (AvgIpc) is 2.32. The summed E-state index contributed by atoms with van der Waals surface area (Å²) in [5.74, 6) is -0.207. The summed E-state index contributed by atoms with van der Waals surface area (Å²) >= 11 is 7.18. The first kappa shape index (κ1) is 14.9.